The van der Waals surface area contributed by atoms with E-state index in [2.05, 4.69) is 12.0 Å². The number of ether oxygens (including phenoxy) is 1. The van der Waals surface area contributed by atoms with Crippen LogP contribution in [0.2, 0.25) is 0 Å². The molecule has 1 aromatic heterocycles. The van der Waals surface area contributed by atoms with Crippen LogP contribution in [0, 0.1) is 12.7 Å². The number of hydrogen-bond acceptors (Lipinski definition) is 3. The van der Waals surface area contributed by atoms with Crippen molar-refractivity contribution >= 4 is 0 Å². The molecule has 20 heavy (non-hydrogen) atoms. The smallest absolute Gasteiger partial charge is 0.165 e. The Morgan fingerprint density at radius 1 is 1.45 bits per heavy atom. The van der Waals surface area contributed by atoms with Crippen molar-refractivity contribution < 1.29 is 14.2 Å². The van der Waals surface area contributed by atoms with E-state index in [0.29, 0.717) is 22.6 Å². The molecule has 108 valence electrons. The summed E-state index contributed by atoms with van der Waals surface area (Å²) in [6, 6.07) is 2.90. The number of nitrogens with zero attached hydrogens (tertiary/aromatic N) is 2. The predicted octanol–water partition coefficient (Wildman–Crippen LogP) is 3.59. The average molecular weight is 278 g/mol. The van der Waals surface area contributed by atoms with Gasteiger partial charge in [0.15, 0.2) is 5.75 Å². The average Bonchev–Trinajstić information content (AvgIpc) is 2.81. The Morgan fingerprint density at radius 2 is 2.20 bits per heavy atom. The SMILES string of the molecule is CCCn1cc(Oc2cc(C)c(F)cc2C(C)O)cn1. The minimum atomic E-state index is -0.800. The lowest BCUT2D eigenvalue weighted by Crippen LogP contribution is -1.99. The van der Waals surface area contributed by atoms with E-state index in [4.69, 9.17) is 4.74 Å². The first-order chi connectivity index (χ1) is 9.51. The quantitative estimate of drug-likeness (QED) is 0.909. The topological polar surface area (TPSA) is 47.3 Å². The summed E-state index contributed by atoms with van der Waals surface area (Å²) in [5, 5.41) is 13.9. The Labute approximate surface area is 117 Å². The van der Waals surface area contributed by atoms with Crippen molar-refractivity contribution in [1.29, 1.82) is 0 Å². The van der Waals surface area contributed by atoms with Gasteiger partial charge in [-0.05, 0) is 38.0 Å². The van der Waals surface area contributed by atoms with Gasteiger partial charge in [0.2, 0.25) is 0 Å². The van der Waals surface area contributed by atoms with Crippen LogP contribution in [0.5, 0.6) is 11.5 Å². The number of aliphatic hydroxyl groups excluding tert-OH is 1. The van der Waals surface area contributed by atoms with Gasteiger partial charge >= 0.3 is 0 Å². The molecule has 0 fully saturated rings. The van der Waals surface area contributed by atoms with Gasteiger partial charge in [-0.25, -0.2) is 4.39 Å². The molecule has 1 unspecified atom stereocenters. The number of benzene rings is 1. The van der Waals surface area contributed by atoms with Crippen molar-refractivity contribution in [3.8, 4) is 11.5 Å². The first kappa shape index (κ1) is 14.5. The lowest BCUT2D eigenvalue weighted by molar-refractivity contribution is 0.195. The zero-order valence-corrected chi connectivity index (χ0v) is 11.9. The molecule has 0 saturated heterocycles. The standard InChI is InChI=1S/C15H19FN2O2/c1-4-5-18-9-12(8-17-18)20-15-6-10(2)14(16)7-13(15)11(3)19/h6-9,11,19H,4-5H2,1-3H3. The van der Waals surface area contributed by atoms with Crippen LogP contribution in [-0.2, 0) is 6.54 Å². The van der Waals surface area contributed by atoms with E-state index in [-0.39, 0.29) is 5.82 Å². The minimum absolute atomic E-state index is 0.352. The number of aromatic nitrogens is 2. The van der Waals surface area contributed by atoms with Gasteiger partial charge in [0.05, 0.1) is 18.5 Å². The monoisotopic (exact) mass is 278 g/mol. The number of aliphatic hydroxyl groups is 1. The molecule has 4 nitrogen and oxygen atoms in total. The van der Waals surface area contributed by atoms with Gasteiger partial charge < -0.3 is 9.84 Å². The van der Waals surface area contributed by atoms with Crippen LogP contribution in [0.15, 0.2) is 24.5 Å². The summed E-state index contributed by atoms with van der Waals surface area (Å²) < 4.78 is 21.1. The Morgan fingerprint density at radius 3 is 2.85 bits per heavy atom. The fraction of sp³-hybridized carbons (Fsp3) is 0.400. The van der Waals surface area contributed by atoms with Crippen LogP contribution < -0.4 is 4.74 Å². The molecule has 1 heterocycles. The highest BCUT2D eigenvalue weighted by Crippen LogP contribution is 2.31. The van der Waals surface area contributed by atoms with Crippen LogP contribution in [0.25, 0.3) is 0 Å². The van der Waals surface area contributed by atoms with E-state index < -0.39 is 6.10 Å². The molecule has 0 amide bonds. The molecule has 1 atom stereocenters. The van der Waals surface area contributed by atoms with Crippen LogP contribution >= 0.6 is 0 Å². The first-order valence-electron chi connectivity index (χ1n) is 6.69. The van der Waals surface area contributed by atoms with E-state index in [9.17, 15) is 9.50 Å². The van der Waals surface area contributed by atoms with Gasteiger partial charge in [0.1, 0.15) is 11.6 Å². The molecule has 1 N–H and O–H groups in total. The Balaban J connectivity index is 2.29. The fourth-order valence-electron chi connectivity index (χ4n) is 1.96. The van der Waals surface area contributed by atoms with E-state index in [1.165, 1.54) is 6.07 Å². The van der Waals surface area contributed by atoms with Gasteiger partial charge in [-0.3, -0.25) is 4.68 Å². The van der Waals surface area contributed by atoms with Gasteiger partial charge in [-0.1, -0.05) is 6.92 Å². The van der Waals surface area contributed by atoms with E-state index in [1.807, 2.05) is 0 Å². The summed E-state index contributed by atoms with van der Waals surface area (Å²) in [5.74, 6) is 0.677. The molecule has 2 rings (SSSR count). The van der Waals surface area contributed by atoms with Crippen molar-refractivity contribution in [2.24, 2.45) is 0 Å². The van der Waals surface area contributed by atoms with Crippen LogP contribution in [0.1, 0.15) is 37.5 Å². The highest BCUT2D eigenvalue weighted by molar-refractivity contribution is 5.41. The Hall–Kier alpha value is -1.88. The molecule has 1 aromatic carbocycles. The number of hydrogen-bond donors (Lipinski definition) is 1. The second-order valence-corrected chi connectivity index (χ2v) is 4.86. The van der Waals surface area contributed by atoms with Gasteiger partial charge in [-0.15, -0.1) is 0 Å². The zero-order chi connectivity index (χ0) is 14.7. The zero-order valence-electron chi connectivity index (χ0n) is 11.9. The third-order valence-electron chi connectivity index (χ3n) is 3.03. The summed E-state index contributed by atoms with van der Waals surface area (Å²) in [7, 11) is 0. The molecule has 0 spiro atoms. The summed E-state index contributed by atoms with van der Waals surface area (Å²) in [4.78, 5) is 0. The molecular weight excluding hydrogens is 259 g/mol. The maximum atomic E-state index is 13.6. The number of halogens is 1. The molecule has 5 heteroatoms. The molecule has 0 aliphatic carbocycles. The highest BCUT2D eigenvalue weighted by atomic mass is 19.1. The molecule has 0 saturated carbocycles. The molecule has 0 aliphatic heterocycles. The van der Waals surface area contributed by atoms with E-state index >= 15 is 0 Å². The van der Waals surface area contributed by atoms with Crippen molar-refractivity contribution in [3.05, 3.63) is 41.5 Å². The summed E-state index contributed by atoms with van der Waals surface area (Å²) in [5.41, 5.74) is 0.904. The van der Waals surface area contributed by atoms with E-state index in [0.717, 1.165) is 13.0 Å². The third kappa shape index (κ3) is 3.17. The lowest BCUT2D eigenvalue weighted by Gasteiger charge is -2.13. The van der Waals surface area contributed by atoms with Crippen molar-refractivity contribution in [2.45, 2.75) is 39.8 Å². The van der Waals surface area contributed by atoms with Crippen LogP contribution in [-0.4, -0.2) is 14.9 Å². The molecular formula is C15H19FN2O2. The van der Waals surface area contributed by atoms with Crippen molar-refractivity contribution in [3.63, 3.8) is 0 Å². The summed E-state index contributed by atoms with van der Waals surface area (Å²) in [6.45, 7) is 6.12. The molecule has 0 aliphatic rings. The normalized spacial score (nSPS) is 12.4. The van der Waals surface area contributed by atoms with Crippen LogP contribution in [0.4, 0.5) is 4.39 Å². The first-order valence-corrected chi connectivity index (χ1v) is 6.69. The Kier molecular flexibility index (Phi) is 4.39. The summed E-state index contributed by atoms with van der Waals surface area (Å²) in [6.07, 6.45) is 3.58. The number of aryl methyl sites for hydroxylation is 2. The van der Waals surface area contributed by atoms with Crippen LogP contribution in [0.3, 0.4) is 0 Å². The molecule has 0 bridgehead atoms. The van der Waals surface area contributed by atoms with Crippen molar-refractivity contribution in [2.75, 3.05) is 0 Å². The van der Waals surface area contributed by atoms with Gasteiger partial charge in [0, 0.05) is 12.1 Å². The molecule has 0 radical (unpaired) electrons. The lowest BCUT2D eigenvalue weighted by atomic mass is 10.1. The molecule has 2 aromatic rings. The largest absolute Gasteiger partial charge is 0.454 e. The van der Waals surface area contributed by atoms with Gasteiger partial charge in [-0.2, -0.15) is 5.10 Å². The second-order valence-electron chi connectivity index (χ2n) is 4.86. The van der Waals surface area contributed by atoms with Crippen molar-refractivity contribution in [1.82, 2.24) is 9.78 Å². The third-order valence-corrected chi connectivity index (χ3v) is 3.03. The highest BCUT2D eigenvalue weighted by Gasteiger charge is 2.14. The number of rotatable bonds is 5. The Bertz CT molecular complexity index is 594. The van der Waals surface area contributed by atoms with E-state index in [1.54, 1.807) is 37.0 Å². The van der Waals surface area contributed by atoms with Gasteiger partial charge in [0.25, 0.3) is 0 Å². The maximum Gasteiger partial charge on any atom is 0.165 e. The minimum Gasteiger partial charge on any atom is -0.454 e. The maximum absolute atomic E-state index is 13.6. The summed E-state index contributed by atoms with van der Waals surface area (Å²) >= 11 is 0. The fourth-order valence-corrected chi connectivity index (χ4v) is 1.96. The predicted molar refractivity (Wildman–Crippen MR) is 74.4 cm³/mol. The second kappa shape index (κ2) is 6.05.